The molecule has 158 valence electrons. The molecule has 4 aromatic rings. The number of nitrogens with one attached hydrogen (secondary N) is 1. The van der Waals surface area contributed by atoms with E-state index in [-0.39, 0.29) is 5.91 Å². The number of thiophene rings is 1. The Balaban J connectivity index is 1.80. The number of ether oxygens (including phenoxy) is 1. The molecule has 0 saturated carbocycles. The fourth-order valence-corrected chi connectivity index (χ4v) is 5.10. The first-order chi connectivity index (χ1) is 14.9. The van der Waals surface area contributed by atoms with Crippen molar-refractivity contribution in [2.75, 3.05) is 12.4 Å². The van der Waals surface area contributed by atoms with Crippen molar-refractivity contribution >= 4 is 62.1 Å². The highest BCUT2D eigenvalue weighted by Crippen LogP contribution is 2.37. The van der Waals surface area contributed by atoms with Crippen molar-refractivity contribution in [1.29, 1.82) is 0 Å². The lowest BCUT2D eigenvalue weighted by atomic mass is 10.1. The van der Waals surface area contributed by atoms with Crippen molar-refractivity contribution in [3.8, 4) is 22.0 Å². The predicted octanol–water partition coefficient (Wildman–Crippen LogP) is 7.24. The fraction of sp³-hybridized carbons (Fsp3) is 0.0909. The van der Waals surface area contributed by atoms with Crippen LogP contribution in [0.2, 0.25) is 10.0 Å². The third-order valence-corrected chi connectivity index (χ3v) is 6.80. The molecule has 0 aliphatic carbocycles. The molecule has 1 N–H and O–H groups in total. The zero-order valence-electron chi connectivity index (χ0n) is 16.4. The Morgan fingerprint density at radius 3 is 2.48 bits per heavy atom. The molecule has 0 bridgehead atoms. The van der Waals surface area contributed by atoms with Gasteiger partial charge in [0.05, 0.1) is 32.2 Å². The molecule has 0 atom stereocenters. The first-order valence-corrected chi connectivity index (χ1v) is 11.5. The van der Waals surface area contributed by atoms with Crippen molar-refractivity contribution in [3.05, 3.63) is 79.7 Å². The summed E-state index contributed by atoms with van der Waals surface area (Å²) >= 11 is 17.6. The summed E-state index contributed by atoms with van der Waals surface area (Å²) in [5.41, 5.74) is 3.12. The molecule has 2 aromatic carbocycles. The number of benzene rings is 2. The highest BCUT2D eigenvalue weighted by atomic mass is 79.9. The molecule has 0 aliphatic heterocycles. The van der Waals surface area contributed by atoms with Gasteiger partial charge in [-0.15, -0.1) is 11.3 Å². The van der Waals surface area contributed by atoms with E-state index in [1.807, 2.05) is 19.1 Å². The maximum absolute atomic E-state index is 13.1. The molecule has 4 rings (SSSR count). The molecule has 0 unspecified atom stereocenters. The van der Waals surface area contributed by atoms with Gasteiger partial charge in [-0.3, -0.25) is 4.79 Å². The zero-order chi connectivity index (χ0) is 22.1. The highest BCUT2D eigenvalue weighted by Gasteiger charge is 2.24. The molecule has 0 radical (unpaired) electrons. The van der Waals surface area contributed by atoms with E-state index in [1.165, 1.54) is 0 Å². The molecule has 0 fully saturated rings. The SMILES string of the molecule is COc1ccc(NC(=O)c2nn(-c3ccc(Cl)cc3Cl)c(-c3ccc(Br)s3)c2C)cc1. The lowest BCUT2D eigenvalue weighted by Crippen LogP contribution is -2.14. The molecular formula is C22H16BrCl2N3O2S. The normalized spacial score (nSPS) is 10.9. The minimum absolute atomic E-state index is 0.307. The van der Waals surface area contributed by atoms with Crippen LogP contribution in [-0.4, -0.2) is 22.8 Å². The Kier molecular flexibility index (Phi) is 6.39. The smallest absolute Gasteiger partial charge is 0.276 e. The van der Waals surface area contributed by atoms with Gasteiger partial charge in [0, 0.05) is 16.3 Å². The van der Waals surface area contributed by atoms with Gasteiger partial charge in [-0.2, -0.15) is 5.10 Å². The van der Waals surface area contributed by atoms with Crippen LogP contribution in [0.15, 0.2) is 58.4 Å². The molecule has 9 heteroatoms. The van der Waals surface area contributed by atoms with Crippen molar-refractivity contribution < 1.29 is 9.53 Å². The third-order valence-electron chi connectivity index (χ3n) is 4.63. The van der Waals surface area contributed by atoms with Crippen LogP contribution in [0.25, 0.3) is 16.3 Å². The van der Waals surface area contributed by atoms with Gasteiger partial charge >= 0.3 is 0 Å². The average Bonchev–Trinajstić information content (AvgIpc) is 3.31. The number of carbonyl (C=O) groups is 1. The van der Waals surface area contributed by atoms with Gasteiger partial charge < -0.3 is 10.1 Å². The molecule has 2 aromatic heterocycles. The van der Waals surface area contributed by atoms with Gasteiger partial charge in [0.2, 0.25) is 0 Å². The van der Waals surface area contributed by atoms with E-state index >= 15 is 0 Å². The quantitative estimate of drug-likeness (QED) is 0.292. The first kappa shape index (κ1) is 21.9. The summed E-state index contributed by atoms with van der Waals surface area (Å²) in [6, 6.07) is 16.2. The van der Waals surface area contributed by atoms with E-state index in [1.54, 1.807) is 65.6 Å². The van der Waals surface area contributed by atoms with Gasteiger partial charge in [0.25, 0.3) is 5.91 Å². The van der Waals surface area contributed by atoms with E-state index in [9.17, 15) is 4.79 Å². The van der Waals surface area contributed by atoms with E-state index in [2.05, 4.69) is 26.3 Å². The lowest BCUT2D eigenvalue weighted by molar-refractivity contribution is 0.102. The van der Waals surface area contributed by atoms with Crippen LogP contribution in [0, 0.1) is 6.92 Å². The molecule has 31 heavy (non-hydrogen) atoms. The topological polar surface area (TPSA) is 56.1 Å². The number of methoxy groups -OCH3 is 1. The van der Waals surface area contributed by atoms with E-state index in [0.717, 1.165) is 19.9 Å². The van der Waals surface area contributed by atoms with Crippen LogP contribution in [0.3, 0.4) is 0 Å². The number of carbonyl (C=O) groups excluding carboxylic acids is 1. The van der Waals surface area contributed by atoms with E-state index < -0.39 is 0 Å². The summed E-state index contributed by atoms with van der Waals surface area (Å²) in [7, 11) is 1.59. The third kappa shape index (κ3) is 4.50. The summed E-state index contributed by atoms with van der Waals surface area (Å²) in [4.78, 5) is 14.0. The van der Waals surface area contributed by atoms with Crippen LogP contribution >= 0.6 is 50.5 Å². The predicted molar refractivity (Wildman–Crippen MR) is 130 cm³/mol. The maximum atomic E-state index is 13.1. The Hall–Kier alpha value is -2.32. The minimum atomic E-state index is -0.316. The first-order valence-electron chi connectivity index (χ1n) is 9.13. The summed E-state index contributed by atoms with van der Waals surface area (Å²) in [6.07, 6.45) is 0. The van der Waals surface area contributed by atoms with Gasteiger partial charge in [-0.05, 0) is 77.5 Å². The number of aromatic nitrogens is 2. The van der Waals surface area contributed by atoms with E-state index in [4.69, 9.17) is 27.9 Å². The largest absolute Gasteiger partial charge is 0.497 e. The maximum Gasteiger partial charge on any atom is 0.276 e. The minimum Gasteiger partial charge on any atom is -0.497 e. The Labute approximate surface area is 201 Å². The van der Waals surface area contributed by atoms with Crippen LogP contribution in [0.5, 0.6) is 5.75 Å². The van der Waals surface area contributed by atoms with Crippen LogP contribution in [0.4, 0.5) is 5.69 Å². The average molecular weight is 537 g/mol. The zero-order valence-corrected chi connectivity index (χ0v) is 20.4. The number of rotatable bonds is 5. The summed E-state index contributed by atoms with van der Waals surface area (Å²) in [5.74, 6) is 0.393. The fourth-order valence-electron chi connectivity index (χ4n) is 3.13. The number of amides is 1. The second kappa shape index (κ2) is 9.04. The molecule has 5 nitrogen and oxygen atoms in total. The molecule has 0 saturated heterocycles. The number of nitrogens with zero attached hydrogens (tertiary/aromatic N) is 2. The van der Waals surface area contributed by atoms with Crippen molar-refractivity contribution in [3.63, 3.8) is 0 Å². The summed E-state index contributed by atoms with van der Waals surface area (Å²) in [5, 5.41) is 8.48. The van der Waals surface area contributed by atoms with Gasteiger partial charge in [0.15, 0.2) is 5.69 Å². The summed E-state index contributed by atoms with van der Waals surface area (Å²) in [6.45, 7) is 1.87. The Bertz CT molecular complexity index is 1270. The van der Waals surface area contributed by atoms with Crippen molar-refractivity contribution in [2.24, 2.45) is 0 Å². The van der Waals surface area contributed by atoms with Gasteiger partial charge in [-0.25, -0.2) is 4.68 Å². The van der Waals surface area contributed by atoms with Crippen molar-refractivity contribution in [1.82, 2.24) is 9.78 Å². The molecule has 0 spiro atoms. The lowest BCUT2D eigenvalue weighted by Gasteiger charge is -2.09. The van der Waals surface area contributed by atoms with Crippen molar-refractivity contribution in [2.45, 2.75) is 6.92 Å². The molecule has 1 amide bonds. The van der Waals surface area contributed by atoms with Gasteiger partial charge in [-0.1, -0.05) is 23.2 Å². The Morgan fingerprint density at radius 2 is 1.87 bits per heavy atom. The summed E-state index contributed by atoms with van der Waals surface area (Å²) < 4.78 is 7.83. The Morgan fingerprint density at radius 1 is 1.13 bits per heavy atom. The van der Waals surface area contributed by atoms with E-state index in [0.29, 0.717) is 32.9 Å². The number of halogens is 3. The molecule has 0 aliphatic rings. The van der Waals surface area contributed by atoms with Crippen LogP contribution < -0.4 is 10.1 Å². The standard InChI is InChI=1S/C22H16BrCl2N3O2S/c1-12-20(22(29)26-14-4-6-15(30-2)7-5-14)27-28(17-8-3-13(24)11-16(17)25)21(12)18-9-10-19(23)31-18/h3-11H,1-2H3,(H,26,29). The van der Waals surface area contributed by atoms with Crippen LogP contribution in [-0.2, 0) is 0 Å². The number of hydrogen-bond donors (Lipinski definition) is 1. The second-order valence-electron chi connectivity index (χ2n) is 6.62. The second-order valence-corrected chi connectivity index (χ2v) is 9.92. The number of hydrogen-bond acceptors (Lipinski definition) is 4. The molecule has 2 heterocycles. The van der Waals surface area contributed by atoms with Crippen LogP contribution in [0.1, 0.15) is 16.1 Å². The number of anilines is 1. The highest BCUT2D eigenvalue weighted by molar-refractivity contribution is 9.11. The molecular weight excluding hydrogens is 521 g/mol. The monoisotopic (exact) mass is 535 g/mol. The van der Waals surface area contributed by atoms with Gasteiger partial charge in [0.1, 0.15) is 5.75 Å².